The number of rotatable bonds is 2. The molecule has 0 fully saturated rings. The Hall–Kier alpha value is -1.44. The Bertz CT molecular complexity index is 453. The molecule has 9 heteroatoms. The van der Waals surface area contributed by atoms with Gasteiger partial charge in [0.2, 0.25) is 5.50 Å². The van der Waals surface area contributed by atoms with Crippen LogP contribution in [0.4, 0.5) is 26.3 Å². The lowest BCUT2D eigenvalue weighted by Crippen LogP contribution is -2.41. The van der Waals surface area contributed by atoms with E-state index in [0.717, 1.165) is 12.1 Å². The summed E-state index contributed by atoms with van der Waals surface area (Å²) in [6.07, 6.45) is -9.43. The fourth-order valence-corrected chi connectivity index (χ4v) is 1.19. The summed E-state index contributed by atoms with van der Waals surface area (Å²) < 4.78 is 72.8. The Balaban J connectivity index is 2.80. The average Bonchev–Trinajstić information content (AvgIpc) is 2.26. The van der Waals surface area contributed by atoms with E-state index < -0.39 is 29.3 Å². The molecule has 0 aromatic heterocycles. The molecule has 0 aliphatic rings. The Morgan fingerprint density at radius 2 is 1.53 bits per heavy atom. The predicted octanol–water partition coefficient (Wildman–Crippen LogP) is 3.56. The molecule has 106 valence electrons. The number of nitrogens with one attached hydrogen (secondary N) is 1. The van der Waals surface area contributed by atoms with Gasteiger partial charge in [-0.15, -0.1) is 0 Å². The Morgan fingerprint density at radius 3 is 1.89 bits per heavy atom. The molecular formula is C10H6ClF6NO. The van der Waals surface area contributed by atoms with Gasteiger partial charge in [0.15, 0.2) is 0 Å². The number of alkyl halides is 7. The highest BCUT2D eigenvalue weighted by Crippen LogP contribution is 2.29. The first-order valence-electron chi connectivity index (χ1n) is 4.70. The van der Waals surface area contributed by atoms with Crippen LogP contribution in [0.5, 0.6) is 0 Å². The lowest BCUT2D eigenvalue weighted by Gasteiger charge is -2.15. The Morgan fingerprint density at radius 1 is 1.05 bits per heavy atom. The minimum Gasteiger partial charge on any atom is -0.328 e. The molecule has 0 spiro atoms. The quantitative estimate of drug-likeness (QED) is 0.505. The molecule has 1 aromatic carbocycles. The van der Waals surface area contributed by atoms with Gasteiger partial charge >= 0.3 is 12.4 Å². The molecule has 1 rings (SSSR count). The zero-order valence-electron chi connectivity index (χ0n) is 8.94. The molecule has 1 aromatic rings. The van der Waals surface area contributed by atoms with Crippen molar-refractivity contribution in [3.05, 3.63) is 35.4 Å². The highest BCUT2D eigenvalue weighted by molar-refractivity contribution is 6.22. The second kappa shape index (κ2) is 5.28. The van der Waals surface area contributed by atoms with Gasteiger partial charge in [0.25, 0.3) is 5.91 Å². The van der Waals surface area contributed by atoms with E-state index in [0.29, 0.717) is 12.1 Å². The summed E-state index contributed by atoms with van der Waals surface area (Å²) in [6.45, 7) is 0. The topological polar surface area (TPSA) is 29.1 Å². The van der Waals surface area contributed by atoms with Crippen LogP contribution in [0.1, 0.15) is 15.9 Å². The molecule has 0 heterocycles. The Labute approximate surface area is 108 Å². The fourth-order valence-electron chi connectivity index (χ4n) is 1.09. The SMILES string of the molecule is O=C(NC(Cl)C(F)(F)F)c1ccc(C(F)(F)F)cc1. The van der Waals surface area contributed by atoms with Crippen LogP contribution in [0.25, 0.3) is 0 Å². The lowest BCUT2D eigenvalue weighted by molar-refractivity contribution is -0.137. The molecule has 0 radical (unpaired) electrons. The maximum absolute atomic E-state index is 12.2. The summed E-state index contributed by atoms with van der Waals surface area (Å²) in [6, 6.07) is 2.70. The van der Waals surface area contributed by atoms with Crippen LogP contribution in [0, 0.1) is 0 Å². The maximum atomic E-state index is 12.2. The van der Waals surface area contributed by atoms with Crippen molar-refractivity contribution in [3.8, 4) is 0 Å². The van der Waals surface area contributed by atoms with Crippen molar-refractivity contribution in [2.75, 3.05) is 0 Å². The largest absolute Gasteiger partial charge is 0.422 e. The third-order valence-corrected chi connectivity index (χ3v) is 2.38. The van der Waals surface area contributed by atoms with Crippen LogP contribution in [0.15, 0.2) is 24.3 Å². The molecule has 1 N–H and O–H groups in total. The smallest absolute Gasteiger partial charge is 0.328 e. The molecular weight excluding hydrogens is 300 g/mol. The van der Waals surface area contributed by atoms with E-state index in [9.17, 15) is 31.1 Å². The first-order chi connectivity index (χ1) is 8.51. The van der Waals surface area contributed by atoms with Gasteiger partial charge < -0.3 is 5.32 Å². The molecule has 1 amide bonds. The fraction of sp³-hybridized carbons (Fsp3) is 0.300. The first-order valence-corrected chi connectivity index (χ1v) is 5.14. The molecule has 0 bridgehead atoms. The standard InChI is InChI=1S/C10H6ClF6NO/c11-8(10(15,16)17)18-7(19)5-1-3-6(4-2-5)9(12,13)14/h1-4,8H,(H,18,19). The van der Waals surface area contributed by atoms with Gasteiger partial charge in [-0.25, -0.2) is 0 Å². The van der Waals surface area contributed by atoms with Crippen LogP contribution >= 0.6 is 11.6 Å². The third-order valence-electron chi connectivity index (χ3n) is 2.02. The van der Waals surface area contributed by atoms with Crippen LogP contribution in [-0.2, 0) is 6.18 Å². The van der Waals surface area contributed by atoms with Crippen molar-refractivity contribution in [1.82, 2.24) is 5.32 Å². The number of hydrogen-bond donors (Lipinski definition) is 1. The van der Waals surface area contributed by atoms with E-state index >= 15 is 0 Å². The van der Waals surface area contributed by atoms with E-state index in [1.807, 2.05) is 0 Å². The minimum absolute atomic E-state index is 0.358. The summed E-state index contributed by atoms with van der Waals surface area (Å²) in [5.41, 5.74) is -3.98. The maximum Gasteiger partial charge on any atom is 0.422 e. The van der Waals surface area contributed by atoms with Crippen molar-refractivity contribution in [2.45, 2.75) is 17.9 Å². The summed E-state index contributed by atoms with van der Waals surface area (Å²) in [4.78, 5) is 11.3. The van der Waals surface area contributed by atoms with Crippen LogP contribution in [0.3, 0.4) is 0 Å². The monoisotopic (exact) mass is 305 g/mol. The van der Waals surface area contributed by atoms with Gasteiger partial charge in [0.1, 0.15) is 0 Å². The molecule has 1 unspecified atom stereocenters. The summed E-state index contributed by atoms with van der Waals surface area (Å²) in [7, 11) is 0. The van der Waals surface area contributed by atoms with E-state index in [2.05, 4.69) is 0 Å². The Kier molecular flexibility index (Phi) is 4.34. The second-order valence-corrected chi connectivity index (χ2v) is 3.89. The highest BCUT2D eigenvalue weighted by Gasteiger charge is 2.39. The van der Waals surface area contributed by atoms with E-state index in [-0.39, 0.29) is 5.56 Å². The van der Waals surface area contributed by atoms with Gasteiger partial charge in [-0.3, -0.25) is 4.79 Å². The van der Waals surface area contributed by atoms with Gasteiger partial charge in [0, 0.05) is 5.56 Å². The van der Waals surface area contributed by atoms with Crippen molar-refractivity contribution in [2.24, 2.45) is 0 Å². The van der Waals surface area contributed by atoms with Gasteiger partial charge in [-0.05, 0) is 24.3 Å². The lowest BCUT2D eigenvalue weighted by atomic mass is 10.1. The number of hydrogen-bond acceptors (Lipinski definition) is 1. The number of halogens is 7. The summed E-state index contributed by atoms with van der Waals surface area (Å²) >= 11 is 4.87. The molecule has 0 aliphatic carbocycles. The molecule has 0 aliphatic heterocycles. The van der Waals surface area contributed by atoms with Gasteiger partial charge in [-0.2, -0.15) is 26.3 Å². The van der Waals surface area contributed by atoms with Gasteiger partial charge in [0.05, 0.1) is 5.56 Å². The zero-order valence-corrected chi connectivity index (χ0v) is 9.70. The average molecular weight is 306 g/mol. The van der Waals surface area contributed by atoms with Crippen molar-refractivity contribution < 1.29 is 31.1 Å². The number of carbonyl (C=O) groups excluding carboxylic acids is 1. The van der Waals surface area contributed by atoms with E-state index in [1.54, 1.807) is 0 Å². The number of amides is 1. The minimum atomic E-state index is -4.84. The third kappa shape index (κ3) is 4.30. The summed E-state index contributed by atoms with van der Waals surface area (Å²) in [5.74, 6) is -1.22. The molecule has 1 atom stereocenters. The van der Waals surface area contributed by atoms with Gasteiger partial charge in [-0.1, -0.05) is 11.6 Å². The summed E-state index contributed by atoms with van der Waals surface area (Å²) in [5, 5.41) is 1.41. The van der Waals surface area contributed by atoms with Crippen molar-refractivity contribution in [1.29, 1.82) is 0 Å². The number of carbonyl (C=O) groups is 1. The normalized spacial score (nSPS) is 14.1. The van der Waals surface area contributed by atoms with E-state index in [4.69, 9.17) is 11.6 Å². The van der Waals surface area contributed by atoms with Crippen molar-refractivity contribution >= 4 is 17.5 Å². The predicted molar refractivity (Wildman–Crippen MR) is 54.6 cm³/mol. The van der Waals surface area contributed by atoms with Crippen LogP contribution in [-0.4, -0.2) is 17.6 Å². The first kappa shape index (κ1) is 15.6. The van der Waals surface area contributed by atoms with E-state index in [1.165, 1.54) is 5.32 Å². The molecule has 19 heavy (non-hydrogen) atoms. The van der Waals surface area contributed by atoms with Crippen LogP contribution < -0.4 is 5.32 Å². The zero-order chi connectivity index (χ0) is 14.8. The number of benzene rings is 1. The molecule has 2 nitrogen and oxygen atoms in total. The van der Waals surface area contributed by atoms with Crippen LogP contribution in [0.2, 0.25) is 0 Å². The molecule has 0 saturated carbocycles. The second-order valence-electron chi connectivity index (χ2n) is 3.45. The highest BCUT2D eigenvalue weighted by atomic mass is 35.5. The van der Waals surface area contributed by atoms with Crippen molar-refractivity contribution in [3.63, 3.8) is 0 Å². The molecule has 0 saturated heterocycles.